The van der Waals surface area contributed by atoms with Crippen molar-refractivity contribution in [2.45, 2.75) is 49.8 Å². The van der Waals surface area contributed by atoms with Crippen molar-refractivity contribution >= 4 is 10.0 Å². The van der Waals surface area contributed by atoms with Crippen LogP contribution in [0.4, 0.5) is 0 Å². The van der Waals surface area contributed by atoms with E-state index < -0.39 is 10.0 Å². The average Bonchev–Trinajstić information content (AvgIpc) is 3.18. The van der Waals surface area contributed by atoms with E-state index in [0.717, 1.165) is 32.4 Å². The van der Waals surface area contributed by atoms with Crippen LogP contribution in [0.3, 0.4) is 0 Å². The van der Waals surface area contributed by atoms with Crippen LogP contribution >= 0.6 is 0 Å². The largest absolute Gasteiger partial charge is 0.313 e. The maximum atomic E-state index is 12.3. The molecule has 1 atom stereocenters. The van der Waals surface area contributed by atoms with Crippen molar-refractivity contribution in [2.75, 3.05) is 19.6 Å². The molecule has 0 radical (unpaired) electrons. The molecule has 0 aromatic rings. The first-order valence-corrected chi connectivity index (χ1v) is 8.39. The van der Waals surface area contributed by atoms with Crippen LogP contribution in [0.15, 0.2) is 0 Å². The van der Waals surface area contributed by atoms with E-state index in [4.69, 9.17) is 0 Å². The summed E-state index contributed by atoms with van der Waals surface area (Å²) in [5.41, 5.74) is 0. The fourth-order valence-corrected chi connectivity index (χ4v) is 4.57. The zero-order valence-electron chi connectivity index (χ0n) is 10.3. The van der Waals surface area contributed by atoms with Crippen molar-refractivity contribution in [1.29, 1.82) is 0 Å². The molecule has 3 aliphatic rings. The summed E-state index contributed by atoms with van der Waals surface area (Å²) in [5, 5.41) is 3.35. The molecule has 3 rings (SSSR count). The van der Waals surface area contributed by atoms with Gasteiger partial charge in [-0.05, 0) is 51.0 Å². The van der Waals surface area contributed by atoms with E-state index in [1.54, 1.807) is 4.31 Å². The van der Waals surface area contributed by atoms with Gasteiger partial charge >= 0.3 is 0 Å². The van der Waals surface area contributed by atoms with Gasteiger partial charge in [-0.3, -0.25) is 0 Å². The van der Waals surface area contributed by atoms with E-state index in [-0.39, 0.29) is 5.25 Å². The summed E-state index contributed by atoms with van der Waals surface area (Å²) in [6.07, 6.45) is 6.50. The molecule has 0 aromatic carbocycles. The normalized spacial score (nSPS) is 30.1. The SMILES string of the molecule is O=S(=O)(C1CC1)N(CC1CC1)CC1CCCN1. The molecule has 0 aromatic heterocycles. The zero-order chi connectivity index (χ0) is 11.9. The van der Waals surface area contributed by atoms with Gasteiger partial charge in [0.05, 0.1) is 5.25 Å². The smallest absolute Gasteiger partial charge is 0.217 e. The van der Waals surface area contributed by atoms with E-state index in [1.807, 2.05) is 0 Å². The van der Waals surface area contributed by atoms with Crippen LogP contribution in [0.1, 0.15) is 38.5 Å². The van der Waals surface area contributed by atoms with Crippen LogP contribution in [0.25, 0.3) is 0 Å². The topological polar surface area (TPSA) is 49.4 Å². The van der Waals surface area contributed by atoms with E-state index in [0.29, 0.717) is 18.5 Å². The molecule has 1 aliphatic heterocycles. The van der Waals surface area contributed by atoms with Crippen LogP contribution in [0.5, 0.6) is 0 Å². The standard InChI is InChI=1S/C12H22N2O2S/c15-17(16,12-5-6-12)14(8-10-3-4-10)9-11-2-1-7-13-11/h10-13H,1-9H2. The highest BCUT2D eigenvalue weighted by Crippen LogP contribution is 2.35. The molecule has 2 saturated carbocycles. The van der Waals surface area contributed by atoms with Crippen molar-refractivity contribution < 1.29 is 8.42 Å². The molecule has 1 saturated heterocycles. The van der Waals surface area contributed by atoms with Crippen LogP contribution < -0.4 is 5.32 Å². The highest BCUT2D eigenvalue weighted by atomic mass is 32.2. The zero-order valence-corrected chi connectivity index (χ0v) is 11.1. The van der Waals surface area contributed by atoms with Crippen LogP contribution in [-0.4, -0.2) is 43.6 Å². The summed E-state index contributed by atoms with van der Waals surface area (Å²) in [7, 11) is -2.98. The van der Waals surface area contributed by atoms with Crippen molar-refractivity contribution in [3.63, 3.8) is 0 Å². The molecule has 0 amide bonds. The minimum atomic E-state index is -2.98. The van der Waals surface area contributed by atoms with Crippen LogP contribution in [0, 0.1) is 5.92 Å². The molecule has 1 unspecified atom stereocenters. The third-order valence-corrected chi connectivity index (χ3v) is 6.38. The lowest BCUT2D eigenvalue weighted by molar-refractivity contribution is 0.358. The summed E-state index contributed by atoms with van der Waals surface area (Å²) in [4.78, 5) is 0. The number of sulfonamides is 1. The first-order valence-electron chi connectivity index (χ1n) is 6.88. The predicted molar refractivity (Wildman–Crippen MR) is 67.3 cm³/mol. The molecule has 1 heterocycles. The number of hydrogen-bond donors (Lipinski definition) is 1. The number of nitrogens with one attached hydrogen (secondary N) is 1. The van der Waals surface area contributed by atoms with E-state index in [9.17, 15) is 8.42 Å². The Hall–Kier alpha value is -0.130. The fourth-order valence-electron chi connectivity index (χ4n) is 2.61. The first-order chi connectivity index (χ1) is 8.16. The lowest BCUT2D eigenvalue weighted by Crippen LogP contribution is -2.43. The molecule has 0 spiro atoms. The quantitative estimate of drug-likeness (QED) is 0.771. The number of hydrogen-bond acceptors (Lipinski definition) is 3. The molecule has 17 heavy (non-hydrogen) atoms. The molecular weight excluding hydrogens is 236 g/mol. The van der Waals surface area contributed by atoms with Gasteiger partial charge in [0.15, 0.2) is 0 Å². The monoisotopic (exact) mass is 258 g/mol. The summed E-state index contributed by atoms with van der Waals surface area (Å²) >= 11 is 0. The maximum Gasteiger partial charge on any atom is 0.217 e. The molecule has 1 N–H and O–H groups in total. The van der Waals surface area contributed by atoms with Gasteiger partial charge in [0, 0.05) is 19.1 Å². The second-order valence-corrected chi connectivity index (χ2v) is 8.01. The number of nitrogens with zero attached hydrogens (tertiary/aromatic N) is 1. The summed E-state index contributed by atoms with van der Waals surface area (Å²) in [6, 6.07) is 0.391. The maximum absolute atomic E-state index is 12.3. The number of rotatable bonds is 6. The Balaban J connectivity index is 1.66. The second kappa shape index (κ2) is 4.52. The minimum Gasteiger partial charge on any atom is -0.313 e. The molecule has 2 aliphatic carbocycles. The van der Waals surface area contributed by atoms with Gasteiger partial charge in [-0.25, -0.2) is 8.42 Å². The Bertz CT molecular complexity index is 368. The summed E-state index contributed by atoms with van der Waals surface area (Å²) < 4.78 is 26.5. The van der Waals surface area contributed by atoms with Gasteiger partial charge < -0.3 is 5.32 Å². The predicted octanol–water partition coefficient (Wildman–Crippen LogP) is 0.943. The minimum absolute atomic E-state index is 0.0531. The first kappa shape index (κ1) is 11.9. The van der Waals surface area contributed by atoms with Gasteiger partial charge in [-0.2, -0.15) is 4.31 Å². The van der Waals surface area contributed by atoms with Gasteiger partial charge in [0.2, 0.25) is 10.0 Å². The van der Waals surface area contributed by atoms with Crippen molar-refractivity contribution in [2.24, 2.45) is 5.92 Å². The molecule has 3 fully saturated rings. The molecule has 5 heteroatoms. The van der Waals surface area contributed by atoms with Crippen LogP contribution in [0.2, 0.25) is 0 Å². The van der Waals surface area contributed by atoms with Gasteiger partial charge in [-0.1, -0.05) is 0 Å². The molecule has 98 valence electrons. The Morgan fingerprint density at radius 3 is 2.35 bits per heavy atom. The third kappa shape index (κ3) is 2.83. The molecule has 4 nitrogen and oxygen atoms in total. The second-order valence-electron chi connectivity index (χ2n) is 5.80. The van der Waals surface area contributed by atoms with Gasteiger partial charge in [0.1, 0.15) is 0 Å². The Morgan fingerprint density at radius 1 is 1.06 bits per heavy atom. The van der Waals surface area contributed by atoms with Crippen LogP contribution in [-0.2, 0) is 10.0 Å². The summed E-state index contributed by atoms with van der Waals surface area (Å²) in [5.74, 6) is 0.643. The van der Waals surface area contributed by atoms with E-state index >= 15 is 0 Å². The highest BCUT2D eigenvalue weighted by molar-refractivity contribution is 7.90. The van der Waals surface area contributed by atoms with Crippen molar-refractivity contribution in [1.82, 2.24) is 9.62 Å². The molecular formula is C12H22N2O2S. The fraction of sp³-hybridized carbons (Fsp3) is 1.00. The Labute approximate surface area is 104 Å². The Kier molecular flexibility index (Phi) is 3.17. The van der Waals surface area contributed by atoms with Crippen molar-refractivity contribution in [3.8, 4) is 0 Å². The van der Waals surface area contributed by atoms with Crippen molar-refractivity contribution in [3.05, 3.63) is 0 Å². The van der Waals surface area contributed by atoms with E-state index in [2.05, 4.69) is 5.32 Å². The highest BCUT2D eigenvalue weighted by Gasteiger charge is 2.42. The third-order valence-electron chi connectivity index (χ3n) is 4.05. The lowest BCUT2D eigenvalue weighted by atomic mass is 10.2. The average molecular weight is 258 g/mol. The van der Waals surface area contributed by atoms with E-state index in [1.165, 1.54) is 19.3 Å². The molecule has 0 bridgehead atoms. The van der Waals surface area contributed by atoms with Gasteiger partial charge in [0.25, 0.3) is 0 Å². The summed E-state index contributed by atoms with van der Waals surface area (Å²) in [6.45, 7) is 2.53. The van der Waals surface area contributed by atoms with Gasteiger partial charge in [-0.15, -0.1) is 0 Å². The lowest BCUT2D eigenvalue weighted by Gasteiger charge is -2.25. The Morgan fingerprint density at radius 2 is 1.82 bits per heavy atom.